The van der Waals surface area contributed by atoms with Gasteiger partial charge in [0, 0.05) is 10.8 Å². The first kappa shape index (κ1) is 14.7. The fourth-order valence-corrected chi connectivity index (χ4v) is 3.84. The van der Waals surface area contributed by atoms with Crippen molar-refractivity contribution in [3.63, 3.8) is 0 Å². The predicted molar refractivity (Wildman–Crippen MR) is 88.7 cm³/mol. The van der Waals surface area contributed by atoms with Crippen molar-refractivity contribution in [1.82, 2.24) is 0 Å². The van der Waals surface area contributed by atoms with Crippen LogP contribution in [0.25, 0.3) is 21.9 Å². The van der Waals surface area contributed by atoms with Crippen LogP contribution in [0.3, 0.4) is 0 Å². The molecule has 0 spiro atoms. The average Bonchev–Trinajstić information content (AvgIpc) is 2.93. The van der Waals surface area contributed by atoms with Crippen molar-refractivity contribution < 1.29 is 13.2 Å². The highest BCUT2D eigenvalue weighted by Gasteiger charge is 2.25. The molecule has 0 amide bonds. The van der Waals surface area contributed by atoms with E-state index in [0.717, 1.165) is 37.2 Å². The quantitative estimate of drug-likeness (QED) is 0.502. The molecular weight excluding hydrogens is 294 g/mol. The van der Waals surface area contributed by atoms with Crippen LogP contribution in [0.5, 0.6) is 0 Å². The first-order chi connectivity index (χ1) is 11.1. The second-order valence-corrected chi connectivity index (χ2v) is 6.98. The maximum absolute atomic E-state index is 15.0. The van der Waals surface area contributed by atoms with Gasteiger partial charge in [0.15, 0.2) is 22.8 Å². The number of aryl methyl sites for hydroxylation is 1. The lowest BCUT2D eigenvalue weighted by Gasteiger charge is -2.26. The van der Waals surface area contributed by atoms with Crippen molar-refractivity contribution in [1.29, 1.82) is 0 Å². The molecule has 1 aliphatic rings. The summed E-state index contributed by atoms with van der Waals surface area (Å²) < 4.78 is 34.9. The highest BCUT2D eigenvalue weighted by atomic mass is 19.1. The van der Waals surface area contributed by atoms with Gasteiger partial charge in [-0.15, -0.1) is 0 Å². The lowest BCUT2D eigenvalue weighted by Crippen LogP contribution is -2.12. The van der Waals surface area contributed by atoms with Gasteiger partial charge in [-0.05, 0) is 48.8 Å². The van der Waals surface area contributed by atoms with Crippen LogP contribution >= 0.6 is 0 Å². The zero-order valence-electron chi connectivity index (χ0n) is 13.5. The first-order valence-corrected chi connectivity index (χ1v) is 8.36. The van der Waals surface area contributed by atoms with Crippen molar-refractivity contribution in [2.45, 2.75) is 45.4 Å². The lowest BCUT2D eigenvalue weighted by molar-refractivity contribution is 0.342. The number of benzene rings is 2. The Labute approximate surface area is 134 Å². The number of hydrogen-bond acceptors (Lipinski definition) is 1. The van der Waals surface area contributed by atoms with Crippen molar-refractivity contribution in [2.75, 3.05) is 0 Å². The van der Waals surface area contributed by atoms with Crippen LogP contribution in [0, 0.1) is 24.5 Å². The van der Waals surface area contributed by atoms with Gasteiger partial charge in [-0.1, -0.05) is 38.0 Å². The molecule has 1 saturated carbocycles. The minimum atomic E-state index is -0.397. The Balaban J connectivity index is 1.88. The van der Waals surface area contributed by atoms with Gasteiger partial charge in [0.1, 0.15) is 0 Å². The summed E-state index contributed by atoms with van der Waals surface area (Å²) in [7, 11) is 0. The van der Waals surface area contributed by atoms with E-state index in [2.05, 4.69) is 6.92 Å². The van der Waals surface area contributed by atoms with Gasteiger partial charge in [-0.25, -0.2) is 8.78 Å². The van der Waals surface area contributed by atoms with Crippen molar-refractivity contribution in [2.24, 2.45) is 5.92 Å². The second kappa shape index (κ2) is 5.33. The summed E-state index contributed by atoms with van der Waals surface area (Å²) in [6.45, 7) is 3.94. The summed E-state index contributed by atoms with van der Waals surface area (Å²) in [6.07, 6.45) is 4.29. The van der Waals surface area contributed by atoms with Crippen LogP contribution in [-0.4, -0.2) is 0 Å². The minimum Gasteiger partial charge on any atom is -0.450 e. The van der Waals surface area contributed by atoms with Gasteiger partial charge in [-0.2, -0.15) is 0 Å². The van der Waals surface area contributed by atoms with E-state index in [-0.39, 0.29) is 22.9 Å². The van der Waals surface area contributed by atoms with Crippen LogP contribution in [-0.2, 0) is 0 Å². The van der Waals surface area contributed by atoms with E-state index in [1.54, 1.807) is 19.1 Å². The molecule has 0 N–H and O–H groups in total. The topological polar surface area (TPSA) is 13.1 Å². The van der Waals surface area contributed by atoms with Crippen LogP contribution in [0.1, 0.15) is 49.7 Å². The van der Waals surface area contributed by atoms with Crippen molar-refractivity contribution >= 4 is 21.9 Å². The highest BCUT2D eigenvalue weighted by molar-refractivity contribution is 6.05. The highest BCUT2D eigenvalue weighted by Crippen LogP contribution is 2.40. The number of hydrogen-bond donors (Lipinski definition) is 0. The van der Waals surface area contributed by atoms with Gasteiger partial charge in [0.25, 0.3) is 0 Å². The van der Waals surface area contributed by atoms with Crippen LogP contribution in [0.2, 0.25) is 0 Å². The van der Waals surface area contributed by atoms with Gasteiger partial charge in [0.2, 0.25) is 0 Å². The summed E-state index contributed by atoms with van der Waals surface area (Å²) in [5.41, 5.74) is 1.59. The molecule has 1 fully saturated rings. The smallest absolute Gasteiger partial charge is 0.171 e. The Hall–Kier alpha value is -1.90. The molecule has 0 saturated heterocycles. The number of fused-ring (bicyclic) bond motifs is 3. The van der Waals surface area contributed by atoms with E-state index >= 15 is 4.39 Å². The van der Waals surface area contributed by atoms with E-state index in [1.807, 2.05) is 12.1 Å². The monoisotopic (exact) mass is 314 g/mol. The first-order valence-electron chi connectivity index (χ1n) is 8.36. The Morgan fingerprint density at radius 2 is 1.48 bits per heavy atom. The molecule has 1 aromatic heterocycles. The summed E-state index contributed by atoms with van der Waals surface area (Å²) in [5.74, 6) is 0.262. The van der Waals surface area contributed by atoms with Crippen LogP contribution in [0.4, 0.5) is 8.78 Å². The molecule has 1 heterocycles. The molecule has 120 valence electrons. The maximum atomic E-state index is 15.0. The Morgan fingerprint density at radius 3 is 2.17 bits per heavy atom. The normalized spacial score (nSPS) is 22.1. The van der Waals surface area contributed by atoms with E-state index in [1.165, 1.54) is 0 Å². The lowest BCUT2D eigenvalue weighted by atomic mass is 9.79. The van der Waals surface area contributed by atoms with Crippen LogP contribution < -0.4 is 0 Å². The molecule has 2 aromatic carbocycles. The predicted octanol–water partition coefficient (Wildman–Crippen LogP) is 6.47. The minimum absolute atomic E-state index is 0.160. The molecule has 0 radical (unpaired) electrons. The molecule has 0 aliphatic heterocycles. The third kappa shape index (κ3) is 2.25. The summed E-state index contributed by atoms with van der Waals surface area (Å²) in [5, 5.41) is 1.30. The zero-order chi connectivity index (χ0) is 16.1. The molecule has 4 rings (SSSR count). The summed E-state index contributed by atoms with van der Waals surface area (Å²) in [4.78, 5) is 0. The zero-order valence-corrected chi connectivity index (χ0v) is 13.5. The van der Waals surface area contributed by atoms with E-state index < -0.39 is 5.82 Å². The number of furan rings is 1. The molecule has 1 aliphatic carbocycles. The average molecular weight is 314 g/mol. The molecule has 23 heavy (non-hydrogen) atoms. The SMILES string of the molecule is Cc1ccc2c(oc3c(F)c(C4CCC(C)CC4)ccc32)c1F. The van der Waals surface area contributed by atoms with Crippen molar-refractivity contribution in [3.05, 3.63) is 47.0 Å². The largest absolute Gasteiger partial charge is 0.450 e. The van der Waals surface area contributed by atoms with Gasteiger partial charge in [-0.3, -0.25) is 0 Å². The van der Waals surface area contributed by atoms with Crippen molar-refractivity contribution in [3.8, 4) is 0 Å². The summed E-state index contributed by atoms with van der Waals surface area (Å²) in [6, 6.07) is 7.26. The molecular formula is C20H20F2O. The molecule has 0 atom stereocenters. The third-order valence-electron chi connectivity index (χ3n) is 5.37. The van der Waals surface area contributed by atoms with Gasteiger partial charge >= 0.3 is 0 Å². The number of rotatable bonds is 1. The standard InChI is InChI=1S/C20H20F2O/c1-11-3-6-13(7-4-11)14-9-10-16-15-8-5-12(2)17(21)19(15)23-20(16)18(14)22/h5,8-11,13H,3-4,6-7H2,1-2H3. The summed E-state index contributed by atoms with van der Waals surface area (Å²) >= 11 is 0. The Bertz CT molecular complexity index is 886. The number of halogens is 2. The van der Waals surface area contributed by atoms with E-state index in [0.29, 0.717) is 16.3 Å². The maximum Gasteiger partial charge on any atom is 0.171 e. The van der Waals surface area contributed by atoms with E-state index in [9.17, 15) is 4.39 Å². The molecule has 3 aromatic rings. The van der Waals surface area contributed by atoms with Crippen LogP contribution in [0.15, 0.2) is 28.7 Å². The van der Waals surface area contributed by atoms with E-state index in [4.69, 9.17) is 4.42 Å². The fourth-order valence-electron chi connectivity index (χ4n) is 3.84. The molecule has 3 heteroatoms. The van der Waals surface area contributed by atoms with Gasteiger partial charge < -0.3 is 4.42 Å². The third-order valence-corrected chi connectivity index (χ3v) is 5.37. The Kier molecular flexibility index (Phi) is 3.40. The van der Waals surface area contributed by atoms with Gasteiger partial charge in [0.05, 0.1) is 0 Å². The Morgan fingerprint density at radius 1 is 0.870 bits per heavy atom. The fraction of sp³-hybridized carbons (Fsp3) is 0.400. The molecule has 1 nitrogen and oxygen atoms in total. The second-order valence-electron chi connectivity index (χ2n) is 6.98. The molecule has 0 unspecified atom stereocenters. The molecule has 0 bridgehead atoms.